The second-order valence-corrected chi connectivity index (χ2v) is 8.51. The van der Waals surface area contributed by atoms with Crippen LogP contribution in [0.5, 0.6) is 5.88 Å². The Bertz CT molecular complexity index is 1300. The van der Waals surface area contributed by atoms with Crippen molar-refractivity contribution in [2.24, 2.45) is 4.99 Å². The van der Waals surface area contributed by atoms with Gasteiger partial charge in [0.05, 0.1) is 10.6 Å². The van der Waals surface area contributed by atoms with Gasteiger partial charge < -0.3 is 10.4 Å². The van der Waals surface area contributed by atoms with Crippen molar-refractivity contribution < 1.29 is 9.90 Å². The van der Waals surface area contributed by atoms with Gasteiger partial charge in [-0.25, -0.2) is 0 Å². The Balaban J connectivity index is 1.57. The Hall–Kier alpha value is -3.45. The van der Waals surface area contributed by atoms with E-state index in [1.54, 1.807) is 12.3 Å². The minimum Gasteiger partial charge on any atom is -0.493 e. The Morgan fingerprint density at radius 1 is 1.23 bits per heavy atom. The standard InChI is InChI=1S/C24H23N3O3S/c1-4-16-6-5-7-19-17(12-25-22(16)19)11-20-23(29)27(24(30)31-20)13-21(28)26-18-9-8-14(2)15(3)10-18/h5-12,29H,4,13H2,1-3H3,(H,26,28). The van der Waals surface area contributed by atoms with Gasteiger partial charge >= 0.3 is 4.87 Å². The van der Waals surface area contributed by atoms with Crippen LogP contribution in [-0.4, -0.2) is 21.8 Å². The molecule has 0 spiro atoms. The largest absolute Gasteiger partial charge is 0.493 e. The highest BCUT2D eigenvalue weighted by molar-refractivity contribution is 7.10. The van der Waals surface area contributed by atoms with Crippen molar-refractivity contribution >= 4 is 46.5 Å². The molecule has 3 aromatic rings. The van der Waals surface area contributed by atoms with Crippen LogP contribution >= 0.6 is 11.3 Å². The molecule has 1 aliphatic rings. The summed E-state index contributed by atoms with van der Waals surface area (Å²) in [6.45, 7) is 5.78. The van der Waals surface area contributed by atoms with E-state index in [0.29, 0.717) is 10.6 Å². The number of carbonyl (C=O) groups excluding carboxylic acids is 1. The number of aryl methyl sites for hydroxylation is 3. The van der Waals surface area contributed by atoms with Gasteiger partial charge in [0.25, 0.3) is 0 Å². The number of rotatable bonds is 5. The average molecular weight is 434 g/mol. The van der Waals surface area contributed by atoms with Crippen LogP contribution in [0.15, 0.2) is 46.2 Å². The number of benzene rings is 2. The highest BCUT2D eigenvalue weighted by atomic mass is 32.1. The van der Waals surface area contributed by atoms with E-state index >= 15 is 0 Å². The summed E-state index contributed by atoms with van der Waals surface area (Å²) in [6, 6.07) is 11.6. The predicted octanol–water partition coefficient (Wildman–Crippen LogP) is 4.69. The number of para-hydroxylation sites is 1. The van der Waals surface area contributed by atoms with E-state index in [0.717, 1.165) is 55.8 Å². The molecule has 1 amide bonds. The molecule has 0 atom stereocenters. The number of hydrogen-bond donors (Lipinski definition) is 2. The zero-order valence-electron chi connectivity index (χ0n) is 17.6. The molecule has 1 aromatic heterocycles. The van der Waals surface area contributed by atoms with Crippen LogP contribution < -0.4 is 10.2 Å². The maximum atomic E-state index is 12.5. The fourth-order valence-electron chi connectivity index (χ4n) is 3.53. The minimum atomic E-state index is -0.392. The number of aromatic nitrogens is 1. The number of nitrogens with one attached hydrogen (secondary N) is 1. The van der Waals surface area contributed by atoms with Gasteiger partial charge in [-0.2, -0.15) is 0 Å². The zero-order chi connectivity index (χ0) is 22.1. The lowest BCUT2D eigenvalue weighted by molar-refractivity contribution is -0.116. The summed E-state index contributed by atoms with van der Waals surface area (Å²) in [4.78, 5) is 29.4. The van der Waals surface area contributed by atoms with E-state index < -0.39 is 4.87 Å². The fourth-order valence-corrected chi connectivity index (χ4v) is 4.37. The molecule has 0 saturated carbocycles. The second kappa shape index (κ2) is 8.35. The third-order valence-electron chi connectivity index (χ3n) is 5.42. The number of allylic oxidation sites excluding steroid dienone is 1. The summed E-state index contributed by atoms with van der Waals surface area (Å²) in [5, 5.41) is 13.4. The van der Waals surface area contributed by atoms with Gasteiger partial charge in [0, 0.05) is 23.0 Å². The molecule has 2 aromatic carbocycles. The molecule has 0 bridgehead atoms. The lowest BCUT2D eigenvalue weighted by Gasteiger charge is -2.08. The molecule has 31 heavy (non-hydrogen) atoms. The lowest BCUT2D eigenvalue weighted by Crippen LogP contribution is -2.24. The molecule has 2 heterocycles. The molecular weight excluding hydrogens is 410 g/mol. The first kappa shape index (κ1) is 20.8. The Kier molecular flexibility index (Phi) is 5.61. The van der Waals surface area contributed by atoms with E-state index in [1.807, 2.05) is 50.2 Å². The van der Waals surface area contributed by atoms with Crippen LogP contribution in [0.1, 0.15) is 34.1 Å². The van der Waals surface area contributed by atoms with Crippen LogP contribution in [0.3, 0.4) is 0 Å². The third-order valence-corrected chi connectivity index (χ3v) is 6.33. The third kappa shape index (κ3) is 4.09. The molecule has 6 nitrogen and oxygen atoms in total. The number of thiazole rings is 1. The number of fused-ring (bicyclic) bond motifs is 1. The Morgan fingerprint density at radius 3 is 2.77 bits per heavy atom. The van der Waals surface area contributed by atoms with E-state index in [4.69, 9.17) is 0 Å². The SMILES string of the molecule is CCc1cccc2c1N=CC2=Cc1sc(=O)n(CC(=O)Nc2ccc(C)c(C)c2)c1O. The van der Waals surface area contributed by atoms with Crippen molar-refractivity contribution in [2.45, 2.75) is 33.7 Å². The maximum Gasteiger partial charge on any atom is 0.311 e. The molecule has 158 valence electrons. The zero-order valence-corrected chi connectivity index (χ0v) is 18.4. The van der Waals surface area contributed by atoms with Crippen LogP contribution in [0, 0.1) is 13.8 Å². The number of aromatic hydroxyl groups is 1. The van der Waals surface area contributed by atoms with Crippen molar-refractivity contribution in [3.05, 3.63) is 73.2 Å². The van der Waals surface area contributed by atoms with E-state index in [2.05, 4.69) is 17.2 Å². The summed E-state index contributed by atoms with van der Waals surface area (Å²) in [5.41, 5.74) is 6.72. The van der Waals surface area contributed by atoms with Gasteiger partial charge in [-0.05, 0) is 55.2 Å². The van der Waals surface area contributed by atoms with Crippen molar-refractivity contribution in [1.82, 2.24) is 4.57 Å². The van der Waals surface area contributed by atoms with Gasteiger partial charge in [0.15, 0.2) is 0 Å². The van der Waals surface area contributed by atoms with Crippen LogP contribution in [0.25, 0.3) is 11.6 Å². The van der Waals surface area contributed by atoms with E-state index in [-0.39, 0.29) is 18.3 Å². The Labute approximate surface area is 184 Å². The van der Waals surface area contributed by atoms with Crippen LogP contribution in [-0.2, 0) is 17.8 Å². The molecule has 7 heteroatoms. The van der Waals surface area contributed by atoms with Gasteiger partial charge in [-0.3, -0.25) is 19.1 Å². The molecule has 1 aliphatic heterocycles. The number of aliphatic imine (C=N–C) groups is 1. The van der Waals surface area contributed by atoms with Crippen molar-refractivity contribution in [3.8, 4) is 5.88 Å². The summed E-state index contributed by atoms with van der Waals surface area (Å²) >= 11 is 0.904. The predicted molar refractivity (Wildman–Crippen MR) is 127 cm³/mol. The Morgan fingerprint density at radius 2 is 2.03 bits per heavy atom. The summed E-state index contributed by atoms with van der Waals surface area (Å²) < 4.78 is 1.09. The molecular formula is C24H23N3O3S. The maximum absolute atomic E-state index is 12.5. The van der Waals surface area contributed by atoms with E-state index in [1.165, 1.54) is 0 Å². The van der Waals surface area contributed by atoms with Gasteiger partial charge in [-0.1, -0.05) is 42.5 Å². The van der Waals surface area contributed by atoms with Crippen molar-refractivity contribution in [2.75, 3.05) is 5.32 Å². The quantitative estimate of drug-likeness (QED) is 0.612. The molecule has 0 fully saturated rings. The average Bonchev–Trinajstić information content (AvgIpc) is 3.27. The summed E-state index contributed by atoms with van der Waals surface area (Å²) in [6.07, 6.45) is 4.36. The minimum absolute atomic E-state index is 0.216. The first-order chi connectivity index (χ1) is 14.9. The lowest BCUT2D eigenvalue weighted by atomic mass is 10.0. The first-order valence-electron chi connectivity index (χ1n) is 10.0. The van der Waals surface area contributed by atoms with Crippen molar-refractivity contribution in [1.29, 1.82) is 0 Å². The first-order valence-corrected chi connectivity index (χ1v) is 10.9. The molecule has 0 radical (unpaired) electrons. The highest BCUT2D eigenvalue weighted by Gasteiger charge is 2.19. The van der Waals surface area contributed by atoms with E-state index in [9.17, 15) is 14.7 Å². The van der Waals surface area contributed by atoms with Gasteiger partial charge in [-0.15, -0.1) is 0 Å². The monoisotopic (exact) mass is 433 g/mol. The van der Waals surface area contributed by atoms with Gasteiger partial charge in [0.2, 0.25) is 11.8 Å². The number of amides is 1. The fraction of sp³-hybridized carbons (Fsp3) is 0.208. The molecule has 4 rings (SSSR count). The summed E-state index contributed by atoms with van der Waals surface area (Å²) in [5.74, 6) is -0.593. The topological polar surface area (TPSA) is 83.7 Å². The molecule has 2 N–H and O–H groups in total. The normalized spacial score (nSPS) is 13.6. The van der Waals surface area contributed by atoms with Crippen LogP contribution in [0.2, 0.25) is 0 Å². The number of anilines is 1. The number of hydrogen-bond acceptors (Lipinski definition) is 5. The number of carbonyl (C=O) groups is 1. The van der Waals surface area contributed by atoms with Crippen molar-refractivity contribution in [3.63, 3.8) is 0 Å². The summed E-state index contributed by atoms with van der Waals surface area (Å²) in [7, 11) is 0. The second-order valence-electron chi connectivity index (χ2n) is 7.51. The number of nitrogens with zero attached hydrogens (tertiary/aromatic N) is 2. The highest BCUT2D eigenvalue weighted by Crippen LogP contribution is 2.37. The molecule has 0 aliphatic carbocycles. The molecule has 0 unspecified atom stereocenters. The van der Waals surface area contributed by atoms with Gasteiger partial charge in [0.1, 0.15) is 6.54 Å². The van der Waals surface area contributed by atoms with Crippen LogP contribution in [0.4, 0.5) is 11.4 Å². The smallest absolute Gasteiger partial charge is 0.311 e. The molecule has 0 saturated heterocycles.